The van der Waals surface area contributed by atoms with Crippen LogP contribution in [0, 0.1) is 0 Å². The fraction of sp³-hybridized carbons (Fsp3) is 0.562. The van der Waals surface area contributed by atoms with E-state index in [4.69, 9.17) is 19.9 Å². The minimum absolute atomic E-state index is 0.0832. The maximum Gasteiger partial charge on any atom is 0.333 e. The van der Waals surface area contributed by atoms with Crippen molar-refractivity contribution < 1.29 is 19.0 Å². The third-order valence-electron chi connectivity index (χ3n) is 3.64. The molecule has 0 spiro atoms. The average Bonchev–Trinajstić information content (AvgIpc) is 2.54. The van der Waals surface area contributed by atoms with Gasteiger partial charge in [-0.2, -0.15) is 0 Å². The van der Waals surface area contributed by atoms with Crippen molar-refractivity contribution in [3.63, 3.8) is 0 Å². The smallest absolute Gasteiger partial charge is 0.333 e. The number of hydrogen-bond donors (Lipinski definition) is 1. The summed E-state index contributed by atoms with van der Waals surface area (Å²) in [5, 5.41) is 0. The van der Waals surface area contributed by atoms with E-state index in [0.29, 0.717) is 25.4 Å². The summed E-state index contributed by atoms with van der Waals surface area (Å²) in [5.41, 5.74) is 5.77. The van der Waals surface area contributed by atoms with E-state index in [1.807, 2.05) is 30.3 Å². The van der Waals surface area contributed by atoms with Crippen LogP contribution in [0.15, 0.2) is 30.3 Å². The van der Waals surface area contributed by atoms with Gasteiger partial charge in [-0.15, -0.1) is 0 Å². The third-order valence-corrected chi connectivity index (χ3v) is 3.64. The second-order valence-electron chi connectivity index (χ2n) is 5.18. The summed E-state index contributed by atoms with van der Waals surface area (Å²) in [6, 6.07) is 9.23. The molecule has 1 aromatic carbocycles. The van der Waals surface area contributed by atoms with E-state index in [2.05, 4.69) is 0 Å². The van der Waals surface area contributed by atoms with Gasteiger partial charge in [0.15, 0.2) is 5.54 Å². The quantitative estimate of drug-likeness (QED) is 0.807. The van der Waals surface area contributed by atoms with Crippen LogP contribution in [0.1, 0.15) is 25.3 Å². The lowest BCUT2D eigenvalue weighted by atomic mass is 9.91. The van der Waals surface area contributed by atoms with Crippen LogP contribution >= 0.6 is 0 Å². The second kappa shape index (κ2) is 7.54. The van der Waals surface area contributed by atoms with Gasteiger partial charge in [0.1, 0.15) is 0 Å². The molecule has 1 aliphatic heterocycles. The van der Waals surface area contributed by atoms with Gasteiger partial charge in [-0.3, -0.25) is 0 Å². The molecule has 1 unspecified atom stereocenters. The van der Waals surface area contributed by atoms with Crippen molar-refractivity contribution in [2.24, 2.45) is 5.73 Å². The molecule has 116 valence electrons. The van der Waals surface area contributed by atoms with Crippen LogP contribution in [0.5, 0.6) is 0 Å². The molecular weight excluding hydrogens is 270 g/mol. The second-order valence-corrected chi connectivity index (χ2v) is 5.18. The van der Waals surface area contributed by atoms with Crippen molar-refractivity contribution in [1.29, 1.82) is 0 Å². The van der Waals surface area contributed by atoms with E-state index in [9.17, 15) is 4.79 Å². The molecule has 0 amide bonds. The molecule has 0 bridgehead atoms. The Hall–Kier alpha value is -1.43. The van der Waals surface area contributed by atoms with Crippen LogP contribution in [0.25, 0.3) is 0 Å². The first-order chi connectivity index (χ1) is 10.2. The number of rotatable bonds is 6. The summed E-state index contributed by atoms with van der Waals surface area (Å²) in [6.07, 6.45) is 1.74. The van der Waals surface area contributed by atoms with Crippen LogP contribution in [0.4, 0.5) is 0 Å². The van der Waals surface area contributed by atoms with Gasteiger partial charge in [-0.1, -0.05) is 30.3 Å². The highest BCUT2D eigenvalue weighted by Gasteiger charge is 2.39. The number of nitrogens with two attached hydrogens (primary N) is 1. The molecule has 1 aliphatic rings. The SMILES string of the molecule is CCOC(=O)C(N)(COC1CCOCC1)c1ccccc1. The number of esters is 1. The zero-order valence-corrected chi connectivity index (χ0v) is 12.4. The van der Waals surface area contributed by atoms with Gasteiger partial charge in [0.25, 0.3) is 0 Å². The Morgan fingerprint density at radius 2 is 2.00 bits per heavy atom. The molecule has 2 N–H and O–H groups in total. The molecule has 0 saturated carbocycles. The Kier molecular flexibility index (Phi) is 5.73. The lowest BCUT2D eigenvalue weighted by Crippen LogP contribution is -2.51. The number of carbonyl (C=O) groups excluding carboxylic acids is 1. The summed E-state index contributed by atoms with van der Waals surface area (Å²) < 4.78 is 16.3. The van der Waals surface area contributed by atoms with Crippen LogP contribution in [0.2, 0.25) is 0 Å². The molecule has 0 aromatic heterocycles. The topological polar surface area (TPSA) is 70.8 Å². The van der Waals surface area contributed by atoms with Gasteiger partial charge >= 0.3 is 5.97 Å². The predicted molar refractivity (Wildman–Crippen MR) is 78.7 cm³/mol. The van der Waals surface area contributed by atoms with Gasteiger partial charge in [0, 0.05) is 13.2 Å². The van der Waals surface area contributed by atoms with E-state index in [0.717, 1.165) is 12.8 Å². The maximum absolute atomic E-state index is 12.3. The standard InChI is InChI=1S/C16H23NO4/c1-2-20-15(18)16(17,13-6-4-3-5-7-13)12-21-14-8-10-19-11-9-14/h3-7,14H,2,8-12,17H2,1H3. The summed E-state index contributed by atoms with van der Waals surface area (Å²) in [5.74, 6) is -0.455. The third kappa shape index (κ3) is 4.03. The van der Waals surface area contributed by atoms with Gasteiger partial charge in [0.05, 0.1) is 19.3 Å². The van der Waals surface area contributed by atoms with Crippen molar-refractivity contribution in [2.45, 2.75) is 31.4 Å². The molecule has 0 radical (unpaired) electrons. The Morgan fingerprint density at radius 1 is 1.33 bits per heavy atom. The summed E-state index contributed by atoms with van der Waals surface area (Å²) in [4.78, 5) is 12.3. The van der Waals surface area contributed by atoms with Crippen LogP contribution in [0.3, 0.4) is 0 Å². The Morgan fingerprint density at radius 3 is 2.62 bits per heavy atom. The van der Waals surface area contributed by atoms with Crippen LogP contribution in [-0.4, -0.2) is 38.5 Å². The van der Waals surface area contributed by atoms with E-state index in [1.165, 1.54) is 0 Å². The van der Waals surface area contributed by atoms with Crippen molar-refractivity contribution in [3.05, 3.63) is 35.9 Å². The number of ether oxygens (including phenoxy) is 3. The highest BCUT2D eigenvalue weighted by atomic mass is 16.5. The first kappa shape index (κ1) is 15.9. The molecule has 1 aromatic rings. The molecule has 5 heteroatoms. The van der Waals surface area contributed by atoms with Crippen molar-refractivity contribution in [3.8, 4) is 0 Å². The van der Waals surface area contributed by atoms with Gasteiger partial charge < -0.3 is 19.9 Å². The van der Waals surface area contributed by atoms with Gasteiger partial charge in [-0.05, 0) is 25.3 Å². The molecule has 1 fully saturated rings. The minimum atomic E-state index is -1.27. The summed E-state index contributed by atoms with van der Waals surface area (Å²) in [7, 11) is 0. The molecule has 1 saturated heterocycles. The van der Waals surface area contributed by atoms with Gasteiger partial charge in [0.2, 0.25) is 0 Å². The Labute approximate surface area is 125 Å². The zero-order chi connectivity index (χ0) is 15.1. The zero-order valence-electron chi connectivity index (χ0n) is 12.4. The lowest BCUT2D eigenvalue weighted by molar-refractivity contribution is -0.154. The minimum Gasteiger partial charge on any atom is -0.464 e. The Bertz CT molecular complexity index is 445. The number of carbonyl (C=O) groups is 1. The Balaban J connectivity index is 2.09. The number of hydrogen-bond acceptors (Lipinski definition) is 5. The van der Waals surface area contributed by atoms with Crippen molar-refractivity contribution in [2.75, 3.05) is 26.4 Å². The highest BCUT2D eigenvalue weighted by Crippen LogP contribution is 2.23. The fourth-order valence-corrected chi connectivity index (χ4v) is 2.35. The molecular formula is C16H23NO4. The molecule has 0 aliphatic carbocycles. The first-order valence-corrected chi connectivity index (χ1v) is 7.38. The van der Waals surface area contributed by atoms with E-state index >= 15 is 0 Å². The lowest BCUT2D eigenvalue weighted by Gasteiger charge is -2.30. The van der Waals surface area contributed by atoms with Crippen molar-refractivity contribution >= 4 is 5.97 Å². The van der Waals surface area contributed by atoms with E-state index in [-0.39, 0.29) is 12.7 Å². The van der Waals surface area contributed by atoms with Gasteiger partial charge in [-0.25, -0.2) is 4.79 Å². The summed E-state index contributed by atoms with van der Waals surface area (Å²) >= 11 is 0. The number of benzene rings is 1. The average molecular weight is 293 g/mol. The van der Waals surface area contributed by atoms with Crippen LogP contribution in [-0.2, 0) is 24.5 Å². The first-order valence-electron chi connectivity index (χ1n) is 7.38. The predicted octanol–water partition coefficient (Wildman–Crippen LogP) is 1.60. The molecule has 1 heterocycles. The fourth-order valence-electron chi connectivity index (χ4n) is 2.35. The van der Waals surface area contributed by atoms with Crippen LogP contribution < -0.4 is 5.73 Å². The normalized spacial score (nSPS) is 19.0. The van der Waals surface area contributed by atoms with Crippen molar-refractivity contribution in [1.82, 2.24) is 0 Å². The molecule has 2 rings (SSSR count). The van der Waals surface area contributed by atoms with E-state index < -0.39 is 11.5 Å². The molecule has 21 heavy (non-hydrogen) atoms. The molecule has 1 atom stereocenters. The van der Waals surface area contributed by atoms with E-state index in [1.54, 1.807) is 6.92 Å². The monoisotopic (exact) mass is 293 g/mol. The molecule has 5 nitrogen and oxygen atoms in total. The maximum atomic E-state index is 12.3. The largest absolute Gasteiger partial charge is 0.464 e. The highest BCUT2D eigenvalue weighted by molar-refractivity contribution is 5.82. The summed E-state index contributed by atoms with van der Waals surface area (Å²) in [6.45, 7) is 3.55.